The molecule has 1 aromatic rings. The van der Waals surface area contributed by atoms with E-state index in [0.29, 0.717) is 24.8 Å². The van der Waals surface area contributed by atoms with Crippen molar-refractivity contribution in [1.29, 1.82) is 0 Å². The van der Waals surface area contributed by atoms with Crippen LogP contribution >= 0.6 is 24.0 Å². The fraction of sp³-hybridized carbons (Fsp3) is 0.562. The molecule has 2 rings (SSSR count). The van der Waals surface area contributed by atoms with E-state index in [9.17, 15) is 8.78 Å². The highest BCUT2D eigenvalue weighted by molar-refractivity contribution is 14.0. The van der Waals surface area contributed by atoms with Crippen molar-refractivity contribution in [3.63, 3.8) is 0 Å². The summed E-state index contributed by atoms with van der Waals surface area (Å²) in [6, 6.07) is 3.50. The van der Waals surface area contributed by atoms with Gasteiger partial charge in [0, 0.05) is 39.2 Å². The summed E-state index contributed by atoms with van der Waals surface area (Å²) in [6.07, 6.45) is 1.08. The van der Waals surface area contributed by atoms with E-state index in [2.05, 4.69) is 15.2 Å². The Bertz CT molecular complexity index is 546. The van der Waals surface area contributed by atoms with Gasteiger partial charge in [-0.25, -0.2) is 8.78 Å². The van der Waals surface area contributed by atoms with Crippen LogP contribution in [0.1, 0.15) is 6.42 Å². The number of benzene rings is 1. The standard InChI is InChI=1S/C16H23F2N3O2.HI/c1-19-16(21-7-5-12(10-21)11-22-2)20-6-8-23-13-3-4-14(17)15(18)9-13;/h3-4,9,12H,5-8,10-11H2,1-2H3,(H,19,20);1H. The first kappa shape index (κ1) is 20.9. The molecular formula is C16H24F2IN3O2. The minimum Gasteiger partial charge on any atom is -0.492 e. The maximum Gasteiger partial charge on any atom is 0.193 e. The number of nitrogens with zero attached hydrogens (tertiary/aromatic N) is 2. The van der Waals surface area contributed by atoms with Crippen LogP contribution in [0.15, 0.2) is 23.2 Å². The van der Waals surface area contributed by atoms with E-state index in [0.717, 1.165) is 44.2 Å². The van der Waals surface area contributed by atoms with Crippen molar-refractivity contribution in [2.75, 3.05) is 47.0 Å². The molecule has 1 aromatic carbocycles. The van der Waals surface area contributed by atoms with E-state index in [-0.39, 0.29) is 24.0 Å². The first-order chi connectivity index (χ1) is 11.1. The van der Waals surface area contributed by atoms with Crippen LogP contribution < -0.4 is 10.1 Å². The number of nitrogens with one attached hydrogen (secondary N) is 1. The molecule has 0 bridgehead atoms. The minimum absolute atomic E-state index is 0. The fourth-order valence-electron chi connectivity index (χ4n) is 2.63. The van der Waals surface area contributed by atoms with Crippen molar-refractivity contribution in [2.45, 2.75) is 6.42 Å². The van der Waals surface area contributed by atoms with E-state index in [1.165, 1.54) is 6.07 Å². The van der Waals surface area contributed by atoms with Crippen LogP contribution in [0.3, 0.4) is 0 Å². The van der Waals surface area contributed by atoms with Crippen LogP contribution in [0.4, 0.5) is 8.78 Å². The number of guanidine groups is 1. The molecule has 0 spiro atoms. The first-order valence-corrected chi connectivity index (χ1v) is 7.66. The molecule has 0 aliphatic carbocycles. The largest absolute Gasteiger partial charge is 0.492 e. The van der Waals surface area contributed by atoms with Gasteiger partial charge in [0.15, 0.2) is 17.6 Å². The Morgan fingerprint density at radius 3 is 2.83 bits per heavy atom. The van der Waals surface area contributed by atoms with Gasteiger partial charge in [0.25, 0.3) is 0 Å². The lowest BCUT2D eigenvalue weighted by Gasteiger charge is -2.21. The first-order valence-electron chi connectivity index (χ1n) is 7.66. The summed E-state index contributed by atoms with van der Waals surface area (Å²) in [7, 11) is 3.45. The third-order valence-corrected chi connectivity index (χ3v) is 3.74. The van der Waals surface area contributed by atoms with Crippen molar-refractivity contribution >= 4 is 29.9 Å². The van der Waals surface area contributed by atoms with Gasteiger partial charge in [-0.1, -0.05) is 0 Å². The monoisotopic (exact) mass is 455 g/mol. The number of hydrogen-bond donors (Lipinski definition) is 1. The van der Waals surface area contributed by atoms with Crippen LogP contribution in [0.2, 0.25) is 0 Å². The zero-order valence-corrected chi connectivity index (χ0v) is 16.3. The summed E-state index contributed by atoms with van der Waals surface area (Å²) >= 11 is 0. The van der Waals surface area contributed by atoms with Crippen LogP contribution in [0.5, 0.6) is 5.75 Å². The van der Waals surface area contributed by atoms with Gasteiger partial charge in [0.2, 0.25) is 0 Å². The molecular weight excluding hydrogens is 431 g/mol. The zero-order valence-electron chi connectivity index (χ0n) is 13.9. The Labute approximate surface area is 158 Å². The highest BCUT2D eigenvalue weighted by atomic mass is 127. The van der Waals surface area contributed by atoms with Gasteiger partial charge in [-0.15, -0.1) is 24.0 Å². The average Bonchev–Trinajstić information content (AvgIpc) is 2.99. The van der Waals surface area contributed by atoms with Crippen molar-refractivity contribution in [3.05, 3.63) is 29.8 Å². The van der Waals surface area contributed by atoms with E-state index in [1.54, 1.807) is 14.2 Å². The van der Waals surface area contributed by atoms with E-state index < -0.39 is 11.6 Å². The third kappa shape index (κ3) is 6.04. The van der Waals surface area contributed by atoms with Crippen molar-refractivity contribution in [2.24, 2.45) is 10.9 Å². The Morgan fingerprint density at radius 2 is 2.17 bits per heavy atom. The molecule has 136 valence electrons. The molecule has 1 unspecified atom stereocenters. The molecule has 0 radical (unpaired) electrons. The maximum atomic E-state index is 13.1. The van der Waals surface area contributed by atoms with Gasteiger partial charge in [0.05, 0.1) is 13.2 Å². The second-order valence-corrected chi connectivity index (χ2v) is 5.45. The number of likely N-dealkylation sites (tertiary alicyclic amines) is 1. The third-order valence-electron chi connectivity index (χ3n) is 3.74. The van der Waals surface area contributed by atoms with Crippen LogP contribution in [0, 0.1) is 17.6 Å². The Hall–Kier alpha value is -1.16. The summed E-state index contributed by atoms with van der Waals surface area (Å²) in [5.74, 6) is -0.139. The molecule has 0 amide bonds. The van der Waals surface area contributed by atoms with E-state index in [4.69, 9.17) is 9.47 Å². The number of ether oxygens (including phenoxy) is 2. The van der Waals surface area contributed by atoms with Gasteiger partial charge < -0.3 is 19.7 Å². The second-order valence-electron chi connectivity index (χ2n) is 5.45. The summed E-state index contributed by atoms with van der Waals surface area (Å²) in [4.78, 5) is 6.44. The summed E-state index contributed by atoms with van der Waals surface area (Å²) in [5.41, 5.74) is 0. The molecule has 0 saturated carbocycles. The summed E-state index contributed by atoms with van der Waals surface area (Å²) in [5, 5.41) is 3.21. The quantitative estimate of drug-likeness (QED) is 0.310. The summed E-state index contributed by atoms with van der Waals surface area (Å²) in [6.45, 7) is 3.47. The number of hydrogen-bond acceptors (Lipinski definition) is 3. The van der Waals surface area contributed by atoms with E-state index >= 15 is 0 Å². The maximum absolute atomic E-state index is 13.1. The van der Waals surface area contributed by atoms with Gasteiger partial charge in [0.1, 0.15) is 12.4 Å². The zero-order chi connectivity index (χ0) is 16.7. The molecule has 0 aromatic heterocycles. The topological polar surface area (TPSA) is 46.1 Å². The molecule has 1 fully saturated rings. The molecule has 1 N–H and O–H groups in total. The predicted octanol–water partition coefficient (Wildman–Crippen LogP) is 2.51. The molecule has 1 aliphatic rings. The normalized spacial score (nSPS) is 17.6. The summed E-state index contributed by atoms with van der Waals surface area (Å²) < 4.78 is 36.5. The molecule has 1 aliphatic heterocycles. The highest BCUT2D eigenvalue weighted by Gasteiger charge is 2.24. The smallest absolute Gasteiger partial charge is 0.193 e. The second kappa shape index (κ2) is 10.7. The number of halogens is 3. The van der Waals surface area contributed by atoms with Crippen molar-refractivity contribution in [3.8, 4) is 5.75 Å². The van der Waals surface area contributed by atoms with Gasteiger partial charge in [-0.3, -0.25) is 4.99 Å². The van der Waals surface area contributed by atoms with Gasteiger partial charge in [-0.05, 0) is 18.6 Å². The molecule has 1 heterocycles. The van der Waals surface area contributed by atoms with E-state index in [1.807, 2.05) is 0 Å². The molecule has 8 heteroatoms. The number of methoxy groups -OCH3 is 1. The molecule has 1 atom stereocenters. The van der Waals surface area contributed by atoms with Crippen LogP contribution in [-0.2, 0) is 4.74 Å². The van der Waals surface area contributed by atoms with Crippen molar-refractivity contribution < 1.29 is 18.3 Å². The van der Waals surface area contributed by atoms with Gasteiger partial charge in [-0.2, -0.15) is 0 Å². The number of rotatable bonds is 6. The molecule has 5 nitrogen and oxygen atoms in total. The lowest BCUT2D eigenvalue weighted by Crippen LogP contribution is -2.41. The fourth-order valence-corrected chi connectivity index (χ4v) is 2.63. The van der Waals surface area contributed by atoms with Crippen molar-refractivity contribution in [1.82, 2.24) is 10.2 Å². The lowest BCUT2D eigenvalue weighted by molar-refractivity contribution is 0.157. The van der Waals surface area contributed by atoms with Crippen LogP contribution in [-0.4, -0.2) is 57.9 Å². The Balaban J connectivity index is 0.00000288. The SMILES string of the molecule is CN=C(NCCOc1ccc(F)c(F)c1)N1CCC(COC)C1.I. The van der Waals surface area contributed by atoms with Gasteiger partial charge >= 0.3 is 0 Å². The minimum atomic E-state index is -0.910. The lowest BCUT2D eigenvalue weighted by atomic mass is 10.1. The number of aliphatic imine (C=N–C) groups is 1. The van der Waals surface area contributed by atoms with Crippen LogP contribution in [0.25, 0.3) is 0 Å². The molecule has 24 heavy (non-hydrogen) atoms. The molecule has 1 saturated heterocycles. The predicted molar refractivity (Wildman–Crippen MR) is 100 cm³/mol. The Kier molecular flexibility index (Phi) is 9.27. The Morgan fingerprint density at radius 1 is 1.38 bits per heavy atom. The average molecular weight is 455 g/mol. The highest BCUT2D eigenvalue weighted by Crippen LogP contribution is 2.16.